The van der Waals surface area contributed by atoms with Crippen molar-refractivity contribution in [3.8, 4) is 0 Å². The Morgan fingerprint density at radius 3 is 2.50 bits per heavy atom. The first-order valence-electron chi connectivity index (χ1n) is 8.29. The second kappa shape index (κ2) is 7.66. The monoisotopic (exact) mass is 368 g/mol. The molecule has 0 atom stereocenters. The smallest absolute Gasteiger partial charge is 0.342 e. The molecule has 5 nitrogen and oxygen atoms in total. The minimum absolute atomic E-state index is 0.198. The first kappa shape index (κ1) is 18.1. The van der Waals surface area contributed by atoms with Gasteiger partial charge in [-0.05, 0) is 37.8 Å². The fourth-order valence-corrected chi connectivity index (χ4v) is 3.38. The van der Waals surface area contributed by atoms with Crippen molar-refractivity contribution in [1.82, 2.24) is 9.78 Å². The molecule has 2 aromatic heterocycles. The molecule has 0 amide bonds. The van der Waals surface area contributed by atoms with Crippen LogP contribution in [0.1, 0.15) is 42.5 Å². The van der Waals surface area contributed by atoms with Crippen LogP contribution in [0.3, 0.4) is 0 Å². The fourth-order valence-electron chi connectivity index (χ4n) is 2.72. The maximum Gasteiger partial charge on any atom is 0.342 e. The summed E-state index contributed by atoms with van der Waals surface area (Å²) in [6, 6.07) is 11.7. The van der Waals surface area contributed by atoms with Crippen molar-refractivity contribution in [3.63, 3.8) is 0 Å². The largest absolute Gasteiger partial charge is 0.454 e. The molecule has 0 spiro atoms. The van der Waals surface area contributed by atoms with Crippen LogP contribution < -0.4 is 0 Å². The third-order valence-electron chi connectivity index (χ3n) is 4.17. The Morgan fingerprint density at radius 2 is 1.85 bits per heavy atom. The summed E-state index contributed by atoms with van der Waals surface area (Å²) in [4.78, 5) is 25.0. The van der Waals surface area contributed by atoms with E-state index in [4.69, 9.17) is 4.74 Å². The van der Waals surface area contributed by atoms with Gasteiger partial charge in [0, 0.05) is 0 Å². The minimum atomic E-state index is -0.514. The van der Waals surface area contributed by atoms with Gasteiger partial charge >= 0.3 is 5.97 Å². The number of ketones is 1. The molecule has 2 heterocycles. The zero-order valence-corrected chi connectivity index (χ0v) is 15.8. The van der Waals surface area contributed by atoms with Crippen molar-refractivity contribution in [2.75, 3.05) is 6.61 Å². The van der Waals surface area contributed by atoms with Crippen LogP contribution in [0.15, 0.2) is 41.8 Å². The van der Waals surface area contributed by atoms with Crippen molar-refractivity contribution in [2.24, 2.45) is 0 Å². The molecule has 134 valence electrons. The maximum absolute atomic E-state index is 12.4. The number of Topliss-reactive ketones (excluding diaryl/α,β-unsaturated/α-hetero) is 1. The summed E-state index contributed by atoms with van der Waals surface area (Å²) in [5.74, 6) is -0.712. The Hall–Kier alpha value is -2.73. The number of aryl methyl sites for hydroxylation is 2. The van der Waals surface area contributed by atoms with Gasteiger partial charge in [-0.3, -0.25) is 9.48 Å². The molecule has 0 saturated heterocycles. The molecule has 0 aliphatic heterocycles. The number of esters is 1. The van der Waals surface area contributed by atoms with Crippen molar-refractivity contribution in [2.45, 2.75) is 27.3 Å². The SMILES string of the molecule is Cc1ccc(Cn2nc(C)c(C(=O)OCC(=O)c3cccs3)c2C)cc1. The molecule has 0 fully saturated rings. The summed E-state index contributed by atoms with van der Waals surface area (Å²) < 4.78 is 7.01. The van der Waals surface area contributed by atoms with Crippen LogP contribution in [0.4, 0.5) is 0 Å². The molecule has 0 radical (unpaired) electrons. The molecule has 3 rings (SSSR count). The van der Waals surface area contributed by atoms with Crippen LogP contribution in [0.5, 0.6) is 0 Å². The van der Waals surface area contributed by atoms with E-state index in [0.29, 0.717) is 22.7 Å². The summed E-state index contributed by atoms with van der Waals surface area (Å²) in [5, 5.41) is 6.28. The number of hydrogen-bond donors (Lipinski definition) is 0. The molecule has 26 heavy (non-hydrogen) atoms. The quantitative estimate of drug-likeness (QED) is 0.488. The zero-order chi connectivity index (χ0) is 18.7. The number of hydrogen-bond acceptors (Lipinski definition) is 5. The van der Waals surface area contributed by atoms with Crippen molar-refractivity contribution in [1.29, 1.82) is 0 Å². The summed E-state index contributed by atoms with van der Waals surface area (Å²) in [6.45, 7) is 5.97. The van der Waals surface area contributed by atoms with E-state index in [-0.39, 0.29) is 12.4 Å². The van der Waals surface area contributed by atoms with Crippen molar-refractivity contribution in [3.05, 3.63) is 74.7 Å². The van der Waals surface area contributed by atoms with Crippen LogP contribution >= 0.6 is 11.3 Å². The number of aromatic nitrogens is 2. The van der Waals surface area contributed by atoms with Crippen LogP contribution in [0, 0.1) is 20.8 Å². The summed E-state index contributed by atoms with van der Waals surface area (Å²) >= 11 is 1.33. The van der Waals surface area contributed by atoms with Gasteiger partial charge in [0.2, 0.25) is 5.78 Å². The second-order valence-electron chi connectivity index (χ2n) is 6.17. The third-order valence-corrected chi connectivity index (χ3v) is 5.08. The zero-order valence-electron chi connectivity index (χ0n) is 15.0. The van der Waals surface area contributed by atoms with Crippen LogP contribution in [-0.2, 0) is 11.3 Å². The van der Waals surface area contributed by atoms with Gasteiger partial charge in [-0.25, -0.2) is 4.79 Å². The Bertz CT molecular complexity index is 925. The average Bonchev–Trinajstić information content (AvgIpc) is 3.24. The highest BCUT2D eigenvalue weighted by molar-refractivity contribution is 7.12. The molecule has 3 aromatic rings. The molecule has 0 bridgehead atoms. The van der Waals surface area contributed by atoms with Crippen molar-refractivity contribution >= 4 is 23.1 Å². The van der Waals surface area contributed by atoms with Gasteiger partial charge in [-0.1, -0.05) is 35.9 Å². The standard InChI is InChI=1S/C20H20N2O3S/c1-13-6-8-16(9-7-13)11-22-15(3)19(14(2)21-22)20(24)25-12-17(23)18-5-4-10-26-18/h4-10H,11-12H2,1-3H3. The van der Waals surface area contributed by atoms with Crippen LogP contribution in [-0.4, -0.2) is 28.1 Å². The highest BCUT2D eigenvalue weighted by atomic mass is 32.1. The van der Waals surface area contributed by atoms with E-state index >= 15 is 0 Å². The second-order valence-corrected chi connectivity index (χ2v) is 7.11. The summed E-state index contributed by atoms with van der Waals surface area (Å²) in [5.41, 5.74) is 4.06. The van der Waals surface area contributed by atoms with Gasteiger partial charge in [0.15, 0.2) is 6.61 Å². The molecule has 0 aliphatic carbocycles. The van der Waals surface area contributed by atoms with E-state index in [1.54, 1.807) is 23.7 Å². The van der Waals surface area contributed by atoms with Gasteiger partial charge < -0.3 is 4.74 Å². The van der Waals surface area contributed by atoms with Gasteiger partial charge in [0.25, 0.3) is 0 Å². The van der Waals surface area contributed by atoms with Gasteiger partial charge in [0.05, 0.1) is 22.8 Å². The molecule has 0 saturated carbocycles. The van der Waals surface area contributed by atoms with Crippen LogP contribution in [0.2, 0.25) is 0 Å². The number of carbonyl (C=O) groups excluding carboxylic acids is 2. The summed E-state index contributed by atoms with van der Waals surface area (Å²) in [6.07, 6.45) is 0. The lowest BCUT2D eigenvalue weighted by atomic mass is 10.1. The lowest BCUT2D eigenvalue weighted by Gasteiger charge is -2.06. The molecule has 0 N–H and O–H groups in total. The lowest BCUT2D eigenvalue weighted by Crippen LogP contribution is -2.15. The highest BCUT2D eigenvalue weighted by Gasteiger charge is 2.21. The Labute approximate surface area is 156 Å². The van der Waals surface area contributed by atoms with E-state index in [1.165, 1.54) is 16.9 Å². The minimum Gasteiger partial charge on any atom is -0.454 e. The lowest BCUT2D eigenvalue weighted by molar-refractivity contribution is 0.0474. The maximum atomic E-state index is 12.4. The van der Waals surface area contributed by atoms with E-state index in [0.717, 1.165) is 11.3 Å². The number of rotatable bonds is 6. The number of thiophene rings is 1. The van der Waals surface area contributed by atoms with Crippen LogP contribution in [0.25, 0.3) is 0 Å². The predicted molar refractivity (Wildman–Crippen MR) is 101 cm³/mol. The topological polar surface area (TPSA) is 61.2 Å². The van der Waals surface area contributed by atoms with Crippen molar-refractivity contribution < 1.29 is 14.3 Å². The molecular formula is C20H20N2O3S. The number of ether oxygens (including phenoxy) is 1. The number of benzene rings is 1. The fraction of sp³-hybridized carbons (Fsp3) is 0.250. The number of carbonyl (C=O) groups is 2. The molecule has 1 aromatic carbocycles. The molecule has 6 heteroatoms. The average molecular weight is 368 g/mol. The van der Waals surface area contributed by atoms with E-state index in [2.05, 4.69) is 5.10 Å². The molecule has 0 aliphatic rings. The molecular weight excluding hydrogens is 348 g/mol. The Balaban J connectivity index is 1.71. The first-order chi connectivity index (χ1) is 12.5. The predicted octanol–water partition coefficient (Wildman–Crippen LogP) is 3.96. The van der Waals surface area contributed by atoms with E-state index in [9.17, 15) is 9.59 Å². The van der Waals surface area contributed by atoms with E-state index < -0.39 is 5.97 Å². The third kappa shape index (κ3) is 3.91. The normalized spacial score (nSPS) is 10.7. The highest BCUT2D eigenvalue weighted by Crippen LogP contribution is 2.17. The summed E-state index contributed by atoms with van der Waals surface area (Å²) in [7, 11) is 0. The molecule has 0 unspecified atom stereocenters. The van der Waals surface area contributed by atoms with E-state index in [1.807, 2.05) is 43.5 Å². The Morgan fingerprint density at radius 1 is 1.12 bits per heavy atom. The van der Waals surface area contributed by atoms with Gasteiger partial charge in [0.1, 0.15) is 5.56 Å². The van der Waals surface area contributed by atoms with Gasteiger partial charge in [-0.15, -0.1) is 11.3 Å². The number of nitrogens with zero attached hydrogens (tertiary/aromatic N) is 2. The Kier molecular flexibility index (Phi) is 5.32. The van der Waals surface area contributed by atoms with Gasteiger partial charge in [-0.2, -0.15) is 5.10 Å². The first-order valence-corrected chi connectivity index (χ1v) is 9.17.